The van der Waals surface area contributed by atoms with Gasteiger partial charge in [-0.15, -0.1) is 0 Å². The van der Waals surface area contributed by atoms with E-state index in [0.29, 0.717) is 6.54 Å². The summed E-state index contributed by atoms with van der Waals surface area (Å²) in [7, 11) is 1.70. The molecule has 1 atom stereocenters. The molecule has 1 aromatic heterocycles. The van der Waals surface area contributed by atoms with Gasteiger partial charge >= 0.3 is 0 Å². The molecule has 0 aliphatic carbocycles. The highest BCUT2D eigenvalue weighted by atomic mass is 16.5. The van der Waals surface area contributed by atoms with Crippen LogP contribution in [-0.4, -0.2) is 49.5 Å². The molecule has 112 valence electrons. The molecular formula is C15H25N3O2. The number of aryl methyl sites for hydroxylation is 1. The lowest BCUT2D eigenvalue weighted by molar-refractivity contribution is 0.154. The zero-order valence-electron chi connectivity index (χ0n) is 12.4. The number of ether oxygens (including phenoxy) is 1. The zero-order valence-corrected chi connectivity index (χ0v) is 12.4. The number of nitrogens with one attached hydrogen (secondary N) is 1. The summed E-state index contributed by atoms with van der Waals surface area (Å²) >= 11 is 0. The fourth-order valence-electron chi connectivity index (χ4n) is 2.61. The number of hydrogen-bond donors (Lipinski definition) is 2. The minimum absolute atomic E-state index is 0.222. The number of anilines is 1. The van der Waals surface area contributed by atoms with Crippen molar-refractivity contribution in [3.8, 4) is 0 Å². The van der Waals surface area contributed by atoms with Crippen LogP contribution in [0.3, 0.4) is 0 Å². The number of aliphatic hydroxyl groups is 1. The highest BCUT2D eigenvalue weighted by Gasteiger charge is 2.20. The minimum Gasteiger partial charge on any atom is -0.391 e. The molecule has 0 spiro atoms. The number of pyridine rings is 1. The third kappa shape index (κ3) is 4.16. The van der Waals surface area contributed by atoms with Crippen molar-refractivity contribution in [1.82, 2.24) is 10.3 Å². The molecular weight excluding hydrogens is 254 g/mol. The van der Waals surface area contributed by atoms with Crippen molar-refractivity contribution in [2.75, 3.05) is 38.3 Å². The normalized spacial score (nSPS) is 19.4. The summed E-state index contributed by atoms with van der Waals surface area (Å²) in [5, 5.41) is 13.1. The van der Waals surface area contributed by atoms with Crippen LogP contribution in [0.15, 0.2) is 12.3 Å². The molecule has 5 heteroatoms. The third-order valence-electron chi connectivity index (χ3n) is 3.62. The van der Waals surface area contributed by atoms with E-state index in [1.54, 1.807) is 7.11 Å². The van der Waals surface area contributed by atoms with Gasteiger partial charge in [0.15, 0.2) is 0 Å². The molecule has 5 nitrogen and oxygen atoms in total. The average Bonchev–Trinajstić information content (AvgIpc) is 2.44. The fraction of sp³-hybridized carbons (Fsp3) is 0.667. The van der Waals surface area contributed by atoms with Gasteiger partial charge in [0.25, 0.3) is 0 Å². The van der Waals surface area contributed by atoms with Crippen molar-refractivity contribution in [2.24, 2.45) is 0 Å². The summed E-state index contributed by atoms with van der Waals surface area (Å²) in [6.07, 6.45) is 3.63. The monoisotopic (exact) mass is 279 g/mol. The third-order valence-corrected chi connectivity index (χ3v) is 3.62. The van der Waals surface area contributed by atoms with E-state index in [9.17, 15) is 5.11 Å². The van der Waals surface area contributed by atoms with Crippen molar-refractivity contribution < 1.29 is 9.84 Å². The molecule has 2 rings (SSSR count). The Kier molecular flexibility index (Phi) is 5.76. The van der Waals surface area contributed by atoms with Crippen molar-refractivity contribution in [2.45, 2.75) is 32.4 Å². The van der Waals surface area contributed by atoms with Crippen LogP contribution in [0.25, 0.3) is 0 Å². The average molecular weight is 279 g/mol. The summed E-state index contributed by atoms with van der Waals surface area (Å²) in [5.41, 5.74) is 2.35. The maximum atomic E-state index is 9.76. The topological polar surface area (TPSA) is 57.6 Å². The van der Waals surface area contributed by atoms with Gasteiger partial charge in [0.05, 0.1) is 12.7 Å². The van der Waals surface area contributed by atoms with Crippen molar-refractivity contribution in [3.63, 3.8) is 0 Å². The summed E-state index contributed by atoms with van der Waals surface area (Å²) in [6, 6.07) is 2.17. The number of aliphatic hydroxyl groups excluding tert-OH is 1. The summed E-state index contributed by atoms with van der Waals surface area (Å²) < 4.78 is 5.00. The maximum absolute atomic E-state index is 9.76. The number of nitrogens with zero attached hydrogens (tertiary/aromatic N) is 2. The quantitative estimate of drug-likeness (QED) is 0.763. The molecule has 2 heterocycles. The van der Waals surface area contributed by atoms with Gasteiger partial charge in [-0.2, -0.15) is 0 Å². The van der Waals surface area contributed by atoms with Crippen molar-refractivity contribution >= 4 is 5.82 Å². The molecule has 1 aromatic rings. The number of hydrogen-bond acceptors (Lipinski definition) is 5. The van der Waals surface area contributed by atoms with Gasteiger partial charge in [-0.1, -0.05) is 0 Å². The Bertz CT molecular complexity index is 426. The predicted molar refractivity (Wildman–Crippen MR) is 80.0 cm³/mol. The van der Waals surface area contributed by atoms with E-state index in [1.165, 1.54) is 11.1 Å². The number of methoxy groups -OCH3 is 1. The van der Waals surface area contributed by atoms with Crippen molar-refractivity contribution in [1.29, 1.82) is 0 Å². The standard InChI is InChI=1S/C15H25N3O2/c1-12-8-13(9-16-5-7-20-2)10-17-15(12)18-6-3-4-14(19)11-18/h8,10,14,16,19H,3-7,9,11H2,1-2H3. The SMILES string of the molecule is COCCNCc1cnc(N2CCCC(O)C2)c(C)c1. The Morgan fingerprint density at radius 3 is 3.10 bits per heavy atom. The summed E-state index contributed by atoms with van der Waals surface area (Å²) in [6.45, 7) is 6.13. The van der Waals surface area contributed by atoms with E-state index in [4.69, 9.17) is 4.74 Å². The first-order chi connectivity index (χ1) is 9.70. The second-order valence-corrected chi connectivity index (χ2v) is 5.40. The summed E-state index contributed by atoms with van der Waals surface area (Å²) in [5.74, 6) is 1.00. The van der Waals surface area contributed by atoms with Crippen LogP contribution < -0.4 is 10.2 Å². The van der Waals surface area contributed by atoms with Crippen LogP contribution >= 0.6 is 0 Å². The number of aromatic nitrogens is 1. The molecule has 1 fully saturated rings. The summed E-state index contributed by atoms with van der Waals surface area (Å²) in [4.78, 5) is 6.76. The Morgan fingerprint density at radius 2 is 2.40 bits per heavy atom. The van der Waals surface area contributed by atoms with Crippen LogP contribution in [0.4, 0.5) is 5.82 Å². The molecule has 1 saturated heterocycles. The van der Waals surface area contributed by atoms with Crippen LogP contribution in [0.2, 0.25) is 0 Å². The second kappa shape index (κ2) is 7.57. The van der Waals surface area contributed by atoms with Crippen LogP contribution in [-0.2, 0) is 11.3 Å². The largest absolute Gasteiger partial charge is 0.391 e. The first kappa shape index (κ1) is 15.2. The van der Waals surface area contributed by atoms with E-state index in [2.05, 4.69) is 28.2 Å². The molecule has 0 radical (unpaired) electrons. The van der Waals surface area contributed by atoms with Crippen LogP contribution in [0.5, 0.6) is 0 Å². The lowest BCUT2D eigenvalue weighted by Gasteiger charge is -2.32. The molecule has 1 aliphatic heterocycles. The molecule has 1 aliphatic rings. The van der Waals surface area contributed by atoms with E-state index in [-0.39, 0.29) is 6.10 Å². The Hall–Kier alpha value is -1.17. The van der Waals surface area contributed by atoms with Gasteiger partial charge in [-0.05, 0) is 37.0 Å². The van der Waals surface area contributed by atoms with Crippen molar-refractivity contribution in [3.05, 3.63) is 23.4 Å². The van der Waals surface area contributed by atoms with Gasteiger partial charge in [-0.25, -0.2) is 4.98 Å². The Labute approximate surface area is 121 Å². The maximum Gasteiger partial charge on any atom is 0.131 e. The van der Waals surface area contributed by atoms with Gasteiger partial charge in [0.1, 0.15) is 5.82 Å². The zero-order chi connectivity index (χ0) is 14.4. The van der Waals surface area contributed by atoms with Gasteiger partial charge in [-0.3, -0.25) is 0 Å². The predicted octanol–water partition coefficient (Wildman–Crippen LogP) is 1.09. The molecule has 20 heavy (non-hydrogen) atoms. The van der Waals surface area contributed by atoms with Gasteiger partial charge in [0, 0.05) is 39.5 Å². The number of piperidine rings is 1. The van der Waals surface area contributed by atoms with Gasteiger partial charge in [0.2, 0.25) is 0 Å². The van der Waals surface area contributed by atoms with E-state index in [1.807, 2.05) is 6.20 Å². The van der Waals surface area contributed by atoms with E-state index < -0.39 is 0 Å². The van der Waals surface area contributed by atoms with Crippen LogP contribution in [0.1, 0.15) is 24.0 Å². The smallest absolute Gasteiger partial charge is 0.131 e. The Balaban J connectivity index is 1.95. The van der Waals surface area contributed by atoms with Gasteiger partial charge < -0.3 is 20.1 Å². The molecule has 0 aromatic carbocycles. The first-order valence-electron chi connectivity index (χ1n) is 7.29. The molecule has 0 bridgehead atoms. The molecule has 2 N–H and O–H groups in total. The first-order valence-corrected chi connectivity index (χ1v) is 7.29. The van der Waals surface area contributed by atoms with Crippen LogP contribution in [0, 0.1) is 6.92 Å². The second-order valence-electron chi connectivity index (χ2n) is 5.40. The lowest BCUT2D eigenvalue weighted by atomic mass is 10.1. The van der Waals surface area contributed by atoms with E-state index in [0.717, 1.165) is 44.9 Å². The fourth-order valence-corrected chi connectivity index (χ4v) is 2.61. The minimum atomic E-state index is -0.222. The highest BCUT2D eigenvalue weighted by molar-refractivity contribution is 5.47. The molecule has 1 unspecified atom stereocenters. The number of β-amino-alcohol motifs (C(OH)–C–C–N with tert-alkyl or cyclic N) is 1. The lowest BCUT2D eigenvalue weighted by Crippen LogP contribution is -2.39. The number of rotatable bonds is 6. The highest BCUT2D eigenvalue weighted by Crippen LogP contribution is 2.22. The molecule has 0 saturated carbocycles. The Morgan fingerprint density at radius 1 is 1.55 bits per heavy atom. The van der Waals surface area contributed by atoms with E-state index >= 15 is 0 Å². The molecule has 0 amide bonds.